The van der Waals surface area contributed by atoms with Crippen molar-refractivity contribution in [1.82, 2.24) is 14.5 Å². The van der Waals surface area contributed by atoms with Crippen LogP contribution in [-0.2, 0) is 16.6 Å². The lowest BCUT2D eigenvalue weighted by molar-refractivity contribution is -0.124. The number of rotatable bonds is 7. The Balaban J connectivity index is 0.00000232. The van der Waals surface area contributed by atoms with Gasteiger partial charge in [0.2, 0.25) is 5.91 Å². The molecule has 1 heterocycles. The van der Waals surface area contributed by atoms with Crippen LogP contribution in [0.2, 0.25) is 0 Å². The van der Waals surface area contributed by atoms with Crippen LogP contribution in [0.4, 0.5) is 0 Å². The first-order valence-electron chi connectivity index (χ1n) is 7.75. The molecule has 0 saturated carbocycles. The average molecular weight is 321 g/mol. The fraction of sp³-hybridized carbons (Fsp3) is 0.471. The summed E-state index contributed by atoms with van der Waals surface area (Å²) in [6, 6.07) is -0.723. The van der Waals surface area contributed by atoms with Gasteiger partial charge in [0.1, 0.15) is 12.3 Å². The van der Waals surface area contributed by atoms with E-state index < -0.39 is 6.04 Å². The maximum Gasteiger partial charge on any atom is 0.329 e. The number of likely N-dealkylation sites (N-methyl/N-ethyl adjacent to an activating group) is 1. The monoisotopic (exact) mass is 321 g/mol. The van der Waals surface area contributed by atoms with E-state index >= 15 is 0 Å². The first-order chi connectivity index (χ1) is 11.0. The SMILES string of the molecule is C=Cc1c(/C=C\C)n(C(CCC=O)C(=O)NC)c(=O)n1C.CC. The van der Waals surface area contributed by atoms with Gasteiger partial charge in [-0.05, 0) is 25.5 Å². The summed E-state index contributed by atoms with van der Waals surface area (Å²) in [5, 5.41) is 2.54. The molecule has 6 heteroatoms. The van der Waals surface area contributed by atoms with Crippen LogP contribution >= 0.6 is 0 Å². The zero-order valence-electron chi connectivity index (χ0n) is 14.6. The lowest BCUT2D eigenvalue weighted by Gasteiger charge is -2.17. The van der Waals surface area contributed by atoms with E-state index in [2.05, 4.69) is 11.9 Å². The predicted molar refractivity (Wildman–Crippen MR) is 94.2 cm³/mol. The van der Waals surface area contributed by atoms with Crippen LogP contribution in [0.15, 0.2) is 17.4 Å². The first-order valence-corrected chi connectivity index (χ1v) is 7.75. The molecule has 0 fully saturated rings. The number of hydrogen-bond donors (Lipinski definition) is 1. The van der Waals surface area contributed by atoms with Gasteiger partial charge in [0.15, 0.2) is 0 Å². The maximum absolute atomic E-state index is 12.4. The van der Waals surface area contributed by atoms with Gasteiger partial charge in [0, 0.05) is 20.5 Å². The highest BCUT2D eigenvalue weighted by Gasteiger charge is 2.26. The lowest BCUT2D eigenvalue weighted by Crippen LogP contribution is -2.36. The Labute approximate surface area is 137 Å². The molecule has 1 atom stereocenters. The second kappa shape index (κ2) is 10.4. The number of allylic oxidation sites excluding steroid dienone is 1. The number of nitrogens with zero attached hydrogens (tertiary/aromatic N) is 2. The van der Waals surface area contributed by atoms with Crippen LogP contribution in [0, 0.1) is 0 Å². The quantitative estimate of drug-likeness (QED) is 0.782. The minimum absolute atomic E-state index is 0.206. The average Bonchev–Trinajstić information content (AvgIpc) is 2.81. The number of amides is 1. The largest absolute Gasteiger partial charge is 0.357 e. The van der Waals surface area contributed by atoms with Gasteiger partial charge in [-0.15, -0.1) is 0 Å². The summed E-state index contributed by atoms with van der Waals surface area (Å²) >= 11 is 0. The van der Waals surface area contributed by atoms with Gasteiger partial charge >= 0.3 is 5.69 Å². The van der Waals surface area contributed by atoms with Gasteiger partial charge in [-0.1, -0.05) is 26.5 Å². The molecule has 0 spiro atoms. The third-order valence-corrected chi connectivity index (χ3v) is 3.31. The van der Waals surface area contributed by atoms with Crippen molar-refractivity contribution < 1.29 is 9.59 Å². The fourth-order valence-corrected chi connectivity index (χ4v) is 2.30. The number of aldehydes is 1. The first kappa shape index (κ1) is 20.6. The Morgan fingerprint density at radius 3 is 2.39 bits per heavy atom. The summed E-state index contributed by atoms with van der Waals surface area (Å²) < 4.78 is 2.86. The van der Waals surface area contributed by atoms with E-state index in [1.54, 1.807) is 25.3 Å². The highest BCUT2D eigenvalue weighted by atomic mass is 16.2. The number of imidazole rings is 1. The van der Waals surface area contributed by atoms with Crippen LogP contribution in [0.3, 0.4) is 0 Å². The zero-order chi connectivity index (χ0) is 18.0. The van der Waals surface area contributed by atoms with Gasteiger partial charge in [0.05, 0.1) is 11.4 Å². The molecule has 1 aromatic rings. The molecule has 1 amide bonds. The maximum atomic E-state index is 12.4. The van der Waals surface area contributed by atoms with Crippen molar-refractivity contribution in [3.05, 3.63) is 34.5 Å². The molecule has 0 radical (unpaired) electrons. The molecule has 1 rings (SSSR count). The van der Waals surface area contributed by atoms with E-state index in [0.29, 0.717) is 11.4 Å². The Bertz CT molecular complexity index is 624. The Hall–Kier alpha value is -2.37. The normalized spacial score (nSPS) is 11.5. The highest BCUT2D eigenvalue weighted by Crippen LogP contribution is 2.20. The third-order valence-electron chi connectivity index (χ3n) is 3.31. The minimum Gasteiger partial charge on any atom is -0.357 e. The standard InChI is InChI=1S/C15H21N3O3.C2H6/c1-5-8-12-11(6-2)17(4)15(21)18(12)13(9-7-10-19)14(20)16-3;1-2/h5-6,8,10,13H,2,7,9H2,1,3-4H3,(H,16,20);1-2H3/b8-5-;. The summed E-state index contributed by atoms with van der Waals surface area (Å²) in [4.78, 5) is 35.2. The molecular formula is C17H27N3O3. The van der Waals surface area contributed by atoms with Crippen LogP contribution in [0.1, 0.15) is 51.0 Å². The van der Waals surface area contributed by atoms with E-state index in [1.165, 1.54) is 16.2 Å². The molecule has 0 aliphatic heterocycles. The summed E-state index contributed by atoms with van der Waals surface area (Å²) in [6.45, 7) is 9.54. The van der Waals surface area contributed by atoms with E-state index in [4.69, 9.17) is 0 Å². The molecule has 0 bridgehead atoms. The van der Waals surface area contributed by atoms with E-state index in [9.17, 15) is 14.4 Å². The van der Waals surface area contributed by atoms with Crippen molar-refractivity contribution in [1.29, 1.82) is 0 Å². The summed E-state index contributed by atoms with van der Waals surface area (Å²) in [7, 11) is 3.14. The molecule has 0 aliphatic rings. The smallest absolute Gasteiger partial charge is 0.329 e. The van der Waals surface area contributed by atoms with Gasteiger partial charge in [-0.25, -0.2) is 4.79 Å². The number of carbonyl (C=O) groups is 2. The number of carbonyl (C=O) groups excluding carboxylic acids is 2. The van der Waals surface area contributed by atoms with Gasteiger partial charge < -0.3 is 10.1 Å². The van der Waals surface area contributed by atoms with Crippen LogP contribution in [-0.4, -0.2) is 28.4 Å². The van der Waals surface area contributed by atoms with Crippen molar-refractivity contribution in [3.63, 3.8) is 0 Å². The second-order valence-corrected chi connectivity index (χ2v) is 4.56. The van der Waals surface area contributed by atoms with Crippen molar-refractivity contribution >= 4 is 24.3 Å². The minimum atomic E-state index is -0.723. The summed E-state index contributed by atoms with van der Waals surface area (Å²) in [6.07, 6.45) is 6.35. The molecular weight excluding hydrogens is 294 g/mol. The van der Waals surface area contributed by atoms with E-state index in [0.717, 1.165) is 6.29 Å². The Morgan fingerprint density at radius 1 is 1.35 bits per heavy atom. The molecule has 128 valence electrons. The lowest BCUT2D eigenvalue weighted by atomic mass is 10.1. The molecule has 1 aromatic heterocycles. The molecule has 1 N–H and O–H groups in total. The summed E-state index contributed by atoms with van der Waals surface area (Å²) in [5.41, 5.74) is 0.940. The van der Waals surface area contributed by atoms with Crippen LogP contribution in [0.25, 0.3) is 12.2 Å². The molecule has 0 aromatic carbocycles. The molecule has 0 saturated heterocycles. The van der Waals surface area contributed by atoms with Crippen molar-refractivity contribution in [2.45, 2.75) is 39.7 Å². The number of hydrogen-bond acceptors (Lipinski definition) is 3. The molecule has 6 nitrogen and oxygen atoms in total. The van der Waals surface area contributed by atoms with Gasteiger partial charge in [-0.2, -0.15) is 0 Å². The third kappa shape index (κ3) is 4.55. The van der Waals surface area contributed by atoms with Crippen LogP contribution in [0.5, 0.6) is 0 Å². The van der Waals surface area contributed by atoms with Crippen LogP contribution < -0.4 is 11.0 Å². The molecule has 1 unspecified atom stereocenters. The van der Waals surface area contributed by atoms with Crippen molar-refractivity contribution in [3.8, 4) is 0 Å². The number of aromatic nitrogens is 2. The number of nitrogens with one attached hydrogen (secondary N) is 1. The zero-order valence-corrected chi connectivity index (χ0v) is 14.6. The second-order valence-electron chi connectivity index (χ2n) is 4.56. The van der Waals surface area contributed by atoms with Gasteiger partial charge in [-0.3, -0.25) is 13.9 Å². The topological polar surface area (TPSA) is 73.1 Å². The summed E-state index contributed by atoms with van der Waals surface area (Å²) in [5.74, 6) is -0.300. The fourth-order valence-electron chi connectivity index (χ4n) is 2.30. The Kier molecular flexibility index (Phi) is 9.30. The van der Waals surface area contributed by atoms with Crippen molar-refractivity contribution in [2.24, 2.45) is 7.05 Å². The predicted octanol–water partition coefficient (Wildman–Crippen LogP) is 2.16. The Morgan fingerprint density at radius 2 is 1.96 bits per heavy atom. The highest BCUT2D eigenvalue weighted by molar-refractivity contribution is 5.81. The van der Waals surface area contributed by atoms with Gasteiger partial charge in [0.25, 0.3) is 0 Å². The van der Waals surface area contributed by atoms with Crippen molar-refractivity contribution in [2.75, 3.05) is 7.05 Å². The molecule has 23 heavy (non-hydrogen) atoms. The van der Waals surface area contributed by atoms with E-state index in [-0.39, 0.29) is 24.4 Å². The molecule has 0 aliphatic carbocycles. The van der Waals surface area contributed by atoms with E-state index in [1.807, 2.05) is 20.8 Å².